The predicted molar refractivity (Wildman–Crippen MR) is 84.6 cm³/mol. The van der Waals surface area contributed by atoms with Gasteiger partial charge >= 0.3 is 5.97 Å². The smallest absolute Gasteiger partial charge is 0.338 e. The Labute approximate surface area is 133 Å². The summed E-state index contributed by atoms with van der Waals surface area (Å²) in [5, 5.41) is 10.9. The van der Waals surface area contributed by atoms with E-state index >= 15 is 0 Å². The van der Waals surface area contributed by atoms with Gasteiger partial charge in [-0.05, 0) is 26.0 Å². The highest BCUT2D eigenvalue weighted by molar-refractivity contribution is 5.92. The second-order valence-corrected chi connectivity index (χ2v) is 4.82. The molecule has 2 aromatic rings. The van der Waals surface area contributed by atoms with Crippen LogP contribution >= 0.6 is 0 Å². The summed E-state index contributed by atoms with van der Waals surface area (Å²) in [7, 11) is 0. The summed E-state index contributed by atoms with van der Waals surface area (Å²) in [6, 6.07) is 11.6. The third-order valence-corrected chi connectivity index (χ3v) is 3.35. The number of carbonyl (C=O) groups is 1. The molecule has 6 heteroatoms. The van der Waals surface area contributed by atoms with Gasteiger partial charge in [-0.1, -0.05) is 24.3 Å². The molecule has 0 heterocycles. The molecule has 23 heavy (non-hydrogen) atoms. The molecule has 0 aliphatic carbocycles. The van der Waals surface area contributed by atoms with Crippen LogP contribution in [-0.4, -0.2) is 17.5 Å². The Hall–Kier alpha value is -2.89. The molecule has 0 amide bonds. The molecule has 0 unspecified atom stereocenters. The third kappa shape index (κ3) is 3.85. The lowest BCUT2D eigenvalue weighted by Gasteiger charge is -2.11. The molecule has 0 saturated carbocycles. The van der Waals surface area contributed by atoms with E-state index in [-0.39, 0.29) is 17.9 Å². The zero-order valence-corrected chi connectivity index (χ0v) is 12.9. The lowest BCUT2D eigenvalue weighted by atomic mass is 10.1. The largest absolute Gasteiger partial charge is 0.493 e. The van der Waals surface area contributed by atoms with Gasteiger partial charge < -0.3 is 9.47 Å². The molecule has 6 nitrogen and oxygen atoms in total. The van der Waals surface area contributed by atoms with E-state index in [4.69, 9.17) is 9.47 Å². The summed E-state index contributed by atoms with van der Waals surface area (Å²) in [5.74, 6) is 0.0519. The number of hydrogen-bond donors (Lipinski definition) is 0. The van der Waals surface area contributed by atoms with Crippen LogP contribution in [0.15, 0.2) is 42.5 Å². The first-order chi connectivity index (χ1) is 11.0. The van der Waals surface area contributed by atoms with Gasteiger partial charge in [0.15, 0.2) is 0 Å². The lowest BCUT2D eigenvalue weighted by molar-refractivity contribution is -0.385. The van der Waals surface area contributed by atoms with E-state index in [9.17, 15) is 14.9 Å². The van der Waals surface area contributed by atoms with E-state index in [1.165, 1.54) is 25.1 Å². The highest BCUT2D eigenvalue weighted by Crippen LogP contribution is 2.23. The first-order valence-corrected chi connectivity index (χ1v) is 7.16. The Morgan fingerprint density at radius 2 is 1.91 bits per heavy atom. The average molecular weight is 315 g/mol. The highest BCUT2D eigenvalue weighted by atomic mass is 16.6. The van der Waals surface area contributed by atoms with Gasteiger partial charge in [0.2, 0.25) is 0 Å². The van der Waals surface area contributed by atoms with Crippen LogP contribution in [0.4, 0.5) is 5.69 Å². The van der Waals surface area contributed by atoms with Crippen LogP contribution in [0.25, 0.3) is 0 Å². The standard InChI is InChI=1S/C17H17NO5/c1-3-22-16-10-5-4-7-13(16)11-23-17(19)14-8-6-9-15(12(14)2)18(20)21/h4-10H,3,11H2,1-2H3. The van der Waals surface area contributed by atoms with Gasteiger partial charge in [-0.2, -0.15) is 0 Å². The molecule has 0 fully saturated rings. The monoisotopic (exact) mass is 315 g/mol. The number of rotatable bonds is 6. The quantitative estimate of drug-likeness (QED) is 0.462. The van der Waals surface area contributed by atoms with Crippen LogP contribution in [0.3, 0.4) is 0 Å². The molecular weight excluding hydrogens is 298 g/mol. The van der Waals surface area contributed by atoms with Crippen LogP contribution in [0, 0.1) is 17.0 Å². The first-order valence-electron chi connectivity index (χ1n) is 7.16. The highest BCUT2D eigenvalue weighted by Gasteiger charge is 2.19. The number of carbonyl (C=O) groups excluding carboxylic acids is 1. The molecule has 120 valence electrons. The molecule has 2 rings (SSSR count). The first kappa shape index (κ1) is 16.5. The molecule has 0 radical (unpaired) electrons. The number of para-hydroxylation sites is 1. The molecule has 0 bridgehead atoms. The predicted octanol–water partition coefficient (Wildman–Crippen LogP) is 3.66. The van der Waals surface area contributed by atoms with Gasteiger partial charge in [0, 0.05) is 17.2 Å². The van der Waals surface area contributed by atoms with Crippen LogP contribution < -0.4 is 4.74 Å². The van der Waals surface area contributed by atoms with Crippen molar-refractivity contribution in [2.75, 3.05) is 6.61 Å². The van der Waals surface area contributed by atoms with E-state index in [0.717, 1.165) is 5.56 Å². The number of nitro benzene ring substituents is 1. The van der Waals surface area contributed by atoms with Crippen LogP contribution in [0.2, 0.25) is 0 Å². The van der Waals surface area contributed by atoms with Gasteiger partial charge in [-0.25, -0.2) is 4.79 Å². The van der Waals surface area contributed by atoms with Gasteiger partial charge in [-0.3, -0.25) is 10.1 Å². The average Bonchev–Trinajstić information content (AvgIpc) is 2.54. The molecule has 0 aliphatic heterocycles. The van der Waals surface area contributed by atoms with Gasteiger partial charge in [-0.15, -0.1) is 0 Å². The fourth-order valence-electron chi connectivity index (χ4n) is 2.18. The minimum atomic E-state index is -0.600. The summed E-state index contributed by atoms with van der Waals surface area (Å²) in [6.45, 7) is 3.95. The third-order valence-electron chi connectivity index (χ3n) is 3.35. The molecule has 0 aliphatic rings. The molecule has 0 N–H and O–H groups in total. The Bertz CT molecular complexity index is 727. The summed E-state index contributed by atoms with van der Waals surface area (Å²) < 4.78 is 10.7. The molecule has 0 atom stereocenters. The van der Waals surface area contributed by atoms with E-state index < -0.39 is 10.9 Å². The van der Waals surface area contributed by atoms with E-state index in [2.05, 4.69) is 0 Å². The second kappa shape index (κ2) is 7.40. The minimum Gasteiger partial charge on any atom is -0.493 e. The van der Waals surface area contributed by atoms with Gasteiger partial charge in [0.05, 0.1) is 17.1 Å². The molecule has 0 spiro atoms. The fraction of sp³-hybridized carbons (Fsp3) is 0.235. The summed E-state index contributed by atoms with van der Waals surface area (Å²) in [6.07, 6.45) is 0. The zero-order valence-electron chi connectivity index (χ0n) is 12.9. The van der Waals surface area contributed by atoms with Crippen molar-refractivity contribution in [2.24, 2.45) is 0 Å². The number of ether oxygens (including phenoxy) is 2. The molecule has 0 saturated heterocycles. The summed E-state index contributed by atoms with van der Waals surface area (Å²) in [4.78, 5) is 22.6. The van der Waals surface area contributed by atoms with Crippen LogP contribution in [0.1, 0.15) is 28.4 Å². The topological polar surface area (TPSA) is 78.7 Å². The zero-order chi connectivity index (χ0) is 16.8. The van der Waals surface area contributed by atoms with Crippen molar-refractivity contribution in [1.82, 2.24) is 0 Å². The van der Waals surface area contributed by atoms with Crippen molar-refractivity contribution < 1.29 is 19.2 Å². The number of hydrogen-bond acceptors (Lipinski definition) is 5. The van der Waals surface area contributed by atoms with Crippen molar-refractivity contribution in [3.05, 3.63) is 69.3 Å². The van der Waals surface area contributed by atoms with Crippen molar-refractivity contribution >= 4 is 11.7 Å². The van der Waals surface area contributed by atoms with E-state index in [1.54, 1.807) is 12.1 Å². The second-order valence-electron chi connectivity index (χ2n) is 4.82. The Kier molecular flexibility index (Phi) is 5.30. The fourth-order valence-corrected chi connectivity index (χ4v) is 2.18. The van der Waals surface area contributed by atoms with E-state index in [0.29, 0.717) is 17.9 Å². The van der Waals surface area contributed by atoms with Crippen molar-refractivity contribution in [3.63, 3.8) is 0 Å². The van der Waals surface area contributed by atoms with Crippen molar-refractivity contribution in [1.29, 1.82) is 0 Å². The minimum absolute atomic E-state index is 0.0388. The summed E-state index contributed by atoms with van der Waals surface area (Å²) in [5.41, 5.74) is 1.12. The normalized spacial score (nSPS) is 10.2. The van der Waals surface area contributed by atoms with Gasteiger partial charge in [0.1, 0.15) is 12.4 Å². The van der Waals surface area contributed by atoms with E-state index in [1.807, 2.05) is 19.1 Å². The van der Waals surface area contributed by atoms with Crippen LogP contribution in [0.5, 0.6) is 5.75 Å². The molecule has 2 aromatic carbocycles. The van der Waals surface area contributed by atoms with Crippen molar-refractivity contribution in [2.45, 2.75) is 20.5 Å². The molecule has 0 aromatic heterocycles. The Morgan fingerprint density at radius 1 is 1.17 bits per heavy atom. The number of esters is 1. The maximum Gasteiger partial charge on any atom is 0.338 e. The van der Waals surface area contributed by atoms with Crippen molar-refractivity contribution in [3.8, 4) is 5.75 Å². The SMILES string of the molecule is CCOc1ccccc1COC(=O)c1cccc([N+](=O)[O-])c1C. The maximum absolute atomic E-state index is 12.2. The molecular formula is C17H17NO5. The van der Waals surface area contributed by atoms with Gasteiger partial charge in [0.25, 0.3) is 5.69 Å². The van der Waals surface area contributed by atoms with Crippen LogP contribution in [-0.2, 0) is 11.3 Å². The lowest BCUT2D eigenvalue weighted by Crippen LogP contribution is -2.09. The Balaban J connectivity index is 2.15. The Morgan fingerprint density at radius 3 is 2.61 bits per heavy atom. The number of nitrogens with zero attached hydrogens (tertiary/aromatic N) is 1. The number of benzene rings is 2. The maximum atomic E-state index is 12.2. The number of nitro groups is 1. The summed E-state index contributed by atoms with van der Waals surface area (Å²) >= 11 is 0.